The highest BCUT2D eigenvalue weighted by Crippen LogP contribution is 2.39. The van der Waals surface area contributed by atoms with Crippen molar-refractivity contribution in [1.82, 2.24) is 20.3 Å². The fourth-order valence-electron chi connectivity index (χ4n) is 5.60. The Morgan fingerprint density at radius 2 is 1.69 bits per heavy atom. The molecule has 5 nitrogen and oxygen atoms in total. The number of rotatable bonds is 9. The molecule has 0 saturated heterocycles. The molecule has 1 aliphatic carbocycles. The Bertz CT molecular complexity index is 1240. The second-order valence-corrected chi connectivity index (χ2v) is 18.3. The van der Waals surface area contributed by atoms with Gasteiger partial charge in [0.1, 0.15) is 19.7 Å². The molecule has 0 amide bonds. The molecule has 1 heterocycles. The van der Waals surface area contributed by atoms with Gasteiger partial charge in [-0.1, -0.05) is 89.2 Å². The molecule has 4 rings (SSSR count). The van der Waals surface area contributed by atoms with Crippen LogP contribution in [-0.4, -0.2) is 40.8 Å². The van der Waals surface area contributed by atoms with Crippen LogP contribution in [0.4, 0.5) is 8.78 Å². The lowest BCUT2D eigenvalue weighted by Gasteiger charge is -2.41. The van der Waals surface area contributed by atoms with E-state index in [1.807, 2.05) is 6.20 Å². The van der Waals surface area contributed by atoms with Crippen LogP contribution in [0.25, 0.3) is 0 Å². The van der Waals surface area contributed by atoms with E-state index in [0.29, 0.717) is 12.1 Å². The maximum absolute atomic E-state index is 14.0. The van der Waals surface area contributed by atoms with Crippen LogP contribution in [0.15, 0.2) is 48.7 Å². The topological polar surface area (TPSA) is 63.0 Å². The molecule has 1 saturated carbocycles. The summed E-state index contributed by atoms with van der Waals surface area (Å²) in [6.45, 7) is 13.6. The molecule has 1 fully saturated rings. The van der Waals surface area contributed by atoms with Gasteiger partial charge in [0.25, 0.3) is 0 Å². The van der Waals surface area contributed by atoms with Gasteiger partial charge in [-0.3, -0.25) is 0 Å². The minimum absolute atomic E-state index is 0.0396. The van der Waals surface area contributed by atoms with E-state index < -0.39 is 31.9 Å². The highest BCUT2D eigenvalue weighted by atomic mass is 28.3. The first-order valence-electron chi connectivity index (χ1n) is 14.2. The van der Waals surface area contributed by atoms with Crippen molar-refractivity contribution < 1.29 is 13.9 Å². The lowest BCUT2D eigenvalue weighted by molar-refractivity contribution is 0.0854. The molecule has 39 heavy (non-hydrogen) atoms. The van der Waals surface area contributed by atoms with Gasteiger partial charge < -0.3 is 10.4 Å². The van der Waals surface area contributed by atoms with Crippen LogP contribution in [0.1, 0.15) is 75.6 Å². The van der Waals surface area contributed by atoms with Crippen molar-refractivity contribution in [2.75, 3.05) is 6.54 Å². The summed E-state index contributed by atoms with van der Waals surface area (Å²) in [4.78, 5) is 0. The second kappa shape index (κ2) is 11.6. The maximum atomic E-state index is 14.0. The molecule has 212 valence electrons. The third kappa shape index (κ3) is 7.21. The Kier molecular flexibility index (Phi) is 8.78. The Labute approximate surface area is 233 Å². The zero-order chi connectivity index (χ0) is 28.4. The Hall–Kier alpha value is -2.42. The molecule has 3 aromatic rings. The average molecular weight is 555 g/mol. The first kappa shape index (κ1) is 29.6. The van der Waals surface area contributed by atoms with Crippen molar-refractivity contribution in [2.24, 2.45) is 0 Å². The molecule has 0 aliphatic heterocycles. The largest absolute Gasteiger partial charge is 0.390 e. The number of halogens is 2. The van der Waals surface area contributed by atoms with Gasteiger partial charge in [-0.05, 0) is 53.5 Å². The van der Waals surface area contributed by atoms with Crippen molar-refractivity contribution >= 4 is 13.4 Å². The van der Waals surface area contributed by atoms with Crippen LogP contribution in [0.2, 0.25) is 19.6 Å². The van der Waals surface area contributed by atoms with E-state index in [1.54, 1.807) is 4.68 Å². The molecule has 2 aromatic carbocycles. The van der Waals surface area contributed by atoms with Gasteiger partial charge in [-0.2, -0.15) is 0 Å². The summed E-state index contributed by atoms with van der Waals surface area (Å²) in [7, 11) is -1.74. The van der Waals surface area contributed by atoms with Crippen molar-refractivity contribution in [1.29, 1.82) is 0 Å². The minimum atomic E-state index is -1.74. The molecule has 0 unspecified atom stereocenters. The lowest BCUT2D eigenvalue weighted by Crippen LogP contribution is -2.49. The normalized spacial score (nSPS) is 17.7. The van der Waals surface area contributed by atoms with E-state index in [-0.39, 0.29) is 17.4 Å². The number of hydrogen-bond acceptors (Lipinski definition) is 4. The predicted octanol–water partition coefficient (Wildman–Crippen LogP) is 5.99. The quantitative estimate of drug-likeness (QED) is 0.319. The average Bonchev–Trinajstić information content (AvgIpc) is 3.36. The summed E-state index contributed by atoms with van der Waals surface area (Å²) in [5.74, 6) is -1.25. The van der Waals surface area contributed by atoms with E-state index in [9.17, 15) is 13.9 Å². The number of nitrogens with one attached hydrogen (secondary N) is 1. The lowest BCUT2D eigenvalue weighted by atomic mass is 9.74. The van der Waals surface area contributed by atoms with Crippen LogP contribution in [-0.2, 0) is 17.4 Å². The number of aromatic nitrogens is 3. The van der Waals surface area contributed by atoms with Crippen molar-refractivity contribution in [3.8, 4) is 0 Å². The summed E-state index contributed by atoms with van der Waals surface area (Å²) < 4.78 is 29.8. The summed E-state index contributed by atoms with van der Waals surface area (Å²) >= 11 is 0. The van der Waals surface area contributed by atoms with Gasteiger partial charge >= 0.3 is 0 Å². The molecule has 2 N–H and O–H groups in total. The van der Waals surface area contributed by atoms with Crippen LogP contribution in [0, 0.1) is 11.6 Å². The fraction of sp³-hybridized carbons (Fsp3) is 0.548. The molecule has 2 atom stereocenters. The van der Waals surface area contributed by atoms with Gasteiger partial charge in [-0.15, -0.1) is 5.10 Å². The van der Waals surface area contributed by atoms with Crippen LogP contribution in [0.5, 0.6) is 0 Å². The first-order valence-corrected chi connectivity index (χ1v) is 17.7. The Morgan fingerprint density at radius 3 is 2.28 bits per heavy atom. The molecule has 0 spiro atoms. The number of aliphatic hydroxyl groups is 1. The zero-order valence-electron chi connectivity index (χ0n) is 24.3. The Morgan fingerprint density at radius 1 is 1.03 bits per heavy atom. The van der Waals surface area contributed by atoms with Crippen LogP contribution in [0.3, 0.4) is 0 Å². The van der Waals surface area contributed by atoms with Gasteiger partial charge in [-0.25, -0.2) is 13.5 Å². The predicted molar refractivity (Wildman–Crippen MR) is 156 cm³/mol. The van der Waals surface area contributed by atoms with Crippen molar-refractivity contribution in [3.63, 3.8) is 0 Å². The minimum Gasteiger partial charge on any atom is -0.390 e. The summed E-state index contributed by atoms with van der Waals surface area (Å²) in [5.41, 5.74) is 2.83. The second-order valence-electron chi connectivity index (χ2n) is 13.3. The third-order valence-corrected chi connectivity index (χ3v) is 9.83. The number of aliphatic hydroxyl groups excluding tert-OH is 1. The highest BCUT2D eigenvalue weighted by molar-refractivity contribution is 6.88. The first-order chi connectivity index (χ1) is 18.3. The number of benzene rings is 2. The summed E-state index contributed by atoms with van der Waals surface area (Å²) in [6, 6.07) is 11.8. The number of hydrogen-bond donors (Lipinski definition) is 2. The van der Waals surface area contributed by atoms with Gasteiger partial charge in [0, 0.05) is 24.3 Å². The van der Waals surface area contributed by atoms with E-state index in [4.69, 9.17) is 0 Å². The molecule has 1 aromatic heterocycles. The maximum Gasteiger partial charge on any atom is 0.126 e. The Balaban J connectivity index is 1.63. The number of nitrogens with zero attached hydrogens (tertiary/aromatic N) is 3. The van der Waals surface area contributed by atoms with Crippen LogP contribution < -0.4 is 10.6 Å². The molecular formula is C31H44F2N4OSi. The van der Waals surface area contributed by atoms with E-state index in [0.717, 1.165) is 37.1 Å². The molecular weight excluding hydrogens is 510 g/mol. The van der Waals surface area contributed by atoms with E-state index in [1.165, 1.54) is 29.7 Å². The molecule has 1 aliphatic rings. The van der Waals surface area contributed by atoms with Crippen LogP contribution >= 0.6 is 0 Å². The van der Waals surface area contributed by atoms with Crippen molar-refractivity contribution in [3.05, 3.63) is 77.0 Å². The SMILES string of the molecule is CC(C)(C)c1cccc(C2(NC[C@@H](O)[C@H](Cc3cc(F)cc(F)c3)n3cc([Si](C)(C)C)nn3)CCCCC2)c1. The van der Waals surface area contributed by atoms with E-state index >= 15 is 0 Å². The monoisotopic (exact) mass is 554 g/mol. The smallest absolute Gasteiger partial charge is 0.126 e. The van der Waals surface area contributed by atoms with Gasteiger partial charge in [0.2, 0.25) is 0 Å². The summed E-state index contributed by atoms with van der Waals surface area (Å²) in [5, 5.41) is 25.1. The molecule has 0 bridgehead atoms. The van der Waals surface area contributed by atoms with E-state index in [2.05, 4.69) is 80.3 Å². The summed E-state index contributed by atoms with van der Waals surface area (Å²) in [6.07, 6.45) is 6.73. The van der Waals surface area contributed by atoms with Gasteiger partial charge in [0.15, 0.2) is 0 Å². The van der Waals surface area contributed by atoms with Gasteiger partial charge in [0.05, 0.1) is 17.5 Å². The van der Waals surface area contributed by atoms with Crippen molar-refractivity contribution in [2.45, 2.75) is 102 Å². The molecule has 0 radical (unpaired) electrons. The zero-order valence-corrected chi connectivity index (χ0v) is 25.3. The fourth-order valence-corrected chi connectivity index (χ4v) is 6.47. The highest BCUT2D eigenvalue weighted by Gasteiger charge is 2.36. The third-order valence-electron chi connectivity index (χ3n) is 8.07. The molecule has 8 heteroatoms. The standard InChI is InChI=1S/C31H44F2N4OSi/c1-30(2,3)23-11-10-12-24(18-23)31(13-8-7-9-14-31)34-20-28(38)27(17-22-15-25(32)19-26(33)16-22)37-21-29(35-36-37)39(4,5)6/h10-12,15-16,18-19,21,27-28,34,38H,7-9,13-14,17,20H2,1-6H3/t27-,28+/m0/s1.